The molecule has 5 nitrogen and oxygen atoms in total. The fraction of sp³-hybridized carbons (Fsp3) is 0.875. The van der Waals surface area contributed by atoms with Crippen molar-refractivity contribution in [2.24, 2.45) is 16.6 Å². The van der Waals surface area contributed by atoms with Crippen LogP contribution < -0.4 is 5.73 Å². The highest BCUT2D eigenvalue weighted by molar-refractivity contribution is 5.01. The van der Waals surface area contributed by atoms with E-state index in [1.807, 2.05) is 6.92 Å². The van der Waals surface area contributed by atoms with Gasteiger partial charge in [0, 0.05) is 13.2 Å². The summed E-state index contributed by atoms with van der Waals surface area (Å²) >= 11 is 0. The molecule has 0 amide bonds. The molecule has 0 aromatic carbocycles. The predicted octanol–water partition coefficient (Wildman–Crippen LogP) is 3.67. The molecule has 122 valence electrons. The van der Waals surface area contributed by atoms with Crippen molar-refractivity contribution in [3.63, 3.8) is 0 Å². The van der Waals surface area contributed by atoms with E-state index in [0.717, 1.165) is 6.42 Å². The van der Waals surface area contributed by atoms with Crippen LogP contribution in [0.5, 0.6) is 0 Å². The molecule has 0 aliphatic rings. The van der Waals surface area contributed by atoms with Gasteiger partial charge in [-0.25, -0.2) is 0 Å². The maximum atomic E-state index is 5.88. The second kappa shape index (κ2) is 6.88. The molecular weight excluding hydrogens is 266 g/mol. The summed E-state index contributed by atoms with van der Waals surface area (Å²) in [5.41, 5.74) is 5.97. The maximum absolute atomic E-state index is 5.88. The molecule has 2 unspecified atom stereocenters. The van der Waals surface area contributed by atoms with Crippen molar-refractivity contribution in [2.75, 3.05) is 13.2 Å². The van der Waals surface area contributed by atoms with Gasteiger partial charge in [-0.2, -0.15) is 4.98 Å². The molecule has 0 radical (unpaired) electrons. The highest BCUT2D eigenvalue weighted by Crippen LogP contribution is 2.36. The molecule has 1 aromatic rings. The SMILES string of the molecule is CCOC(c1noc(C(CN)CC(C)(C)C)n1)C(C)(C)C. The average Bonchev–Trinajstić information content (AvgIpc) is 2.79. The molecule has 2 atom stereocenters. The molecule has 1 heterocycles. The molecule has 0 bridgehead atoms. The van der Waals surface area contributed by atoms with Crippen LogP contribution in [0.25, 0.3) is 0 Å². The van der Waals surface area contributed by atoms with Crippen LogP contribution in [0.3, 0.4) is 0 Å². The zero-order valence-electron chi connectivity index (χ0n) is 14.6. The number of rotatable bonds is 6. The van der Waals surface area contributed by atoms with E-state index in [0.29, 0.717) is 24.9 Å². The second-order valence-corrected chi connectivity index (χ2v) is 7.89. The summed E-state index contributed by atoms with van der Waals surface area (Å²) in [6.45, 7) is 16.0. The van der Waals surface area contributed by atoms with E-state index >= 15 is 0 Å². The lowest BCUT2D eigenvalue weighted by molar-refractivity contribution is -0.0203. The molecule has 0 saturated carbocycles. The van der Waals surface area contributed by atoms with Crippen LogP contribution in [0.1, 0.15) is 78.6 Å². The predicted molar refractivity (Wildman–Crippen MR) is 84.0 cm³/mol. The van der Waals surface area contributed by atoms with Gasteiger partial charge in [0.25, 0.3) is 0 Å². The van der Waals surface area contributed by atoms with Crippen LogP contribution in [-0.2, 0) is 4.74 Å². The number of nitrogens with zero attached hydrogens (tertiary/aromatic N) is 2. The summed E-state index contributed by atoms with van der Waals surface area (Å²) in [4.78, 5) is 4.57. The van der Waals surface area contributed by atoms with Gasteiger partial charge in [0.15, 0.2) is 0 Å². The highest BCUT2D eigenvalue weighted by Gasteiger charge is 2.32. The van der Waals surface area contributed by atoms with Crippen LogP contribution in [0.4, 0.5) is 0 Å². The first-order valence-corrected chi connectivity index (χ1v) is 7.73. The Morgan fingerprint density at radius 2 is 1.81 bits per heavy atom. The Bertz CT molecular complexity index is 429. The number of nitrogens with two attached hydrogens (primary N) is 1. The van der Waals surface area contributed by atoms with Crippen LogP contribution >= 0.6 is 0 Å². The number of hydrogen-bond donors (Lipinski definition) is 1. The summed E-state index contributed by atoms with van der Waals surface area (Å²) < 4.78 is 11.3. The van der Waals surface area contributed by atoms with Crippen molar-refractivity contribution in [1.82, 2.24) is 10.1 Å². The fourth-order valence-electron chi connectivity index (χ4n) is 2.41. The van der Waals surface area contributed by atoms with Gasteiger partial charge in [-0.15, -0.1) is 0 Å². The molecule has 0 spiro atoms. The number of aromatic nitrogens is 2. The summed E-state index contributed by atoms with van der Waals surface area (Å²) in [5, 5.41) is 4.13. The maximum Gasteiger partial charge on any atom is 0.231 e. The van der Waals surface area contributed by atoms with Crippen LogP contribution in [0.2, 0.25) is 0 Å². The van der Waals surface area contributed by atoms with Gasteiger partial charge >= 0.3 is 0 Å². The summed E-state index contributed by atoms with van der Waals surface area (Å²) in [6.07, 6.45) is 0.744. The quantitative estimate of drug-likeness (QED) is 0.867. The minimum atomic E-state index is -0.173. The third kappa shape index (κ3) is 5.40. The normalized spacial score (nSPS) is 16.0. The third-order valence-corrected chi connectivity index (χ3v) is 3.30. The Labute approximate surface area is 128 Å². The molecule has 1 rings (SSSR count). The molecule has 0 fully saturated rings. The fourth-order valence-corrected chi connectivity index (χ4v) is 2.41. The van der Waals surface area contributed by atoms with Crippen LogP contribution in [0, 0.1) is 10.8 Å². The lowest BCUT2D eigenvalue weighted by atomic mass is 9.84. The van der Waals surface area contributed by atoms with Gasteiger partial charge in [0.1, 0.15) is 6.10 Å². The van der Waals surface area contributed by atoms with Gasteiger partial charge < -0.3 is 15.0 Å². The smallest absolute Gasteiger partial charge is 0.231 e. The summed E-state index contributed by atoms with van der Waals surface area (Å²) in [6, 6.07) is 0. The molecule has 1 aromatic heterocycles. The Hall–Kier alpha value is -0.940. The van der Waals surface area contributed by atoms with E-state index in [4.69, 9.17) is 15.0 Å². The first-order valence-electron chi connectivity index (χ1n) is 7.73. The van der Waals surface area contributed by atoms with E-state index in [1.54, 1.807) is 0 Å². The van der Waals surface area contributed by atoms with Crippen LogP contribution in [0.15, 0.2) is 4.52 Å². The molecule has 0 aliphatic carbocycles. The Balaban J connectivity index is 2.97. The number of hydrogen-bond acceptors (Lipinski definition) is 5. The monoisotopic (exact) mass is 297 g/mol. The van der Waals surface area contributed by atoms with E-state index in [2.05, 4.69) is 51.7 Å². The van der Waals surface area contributed by atoms with Crippen molar-refractivity contribution in [2.45, 2.75) is 66.9 Å². The lowest BCUT2D eigenvalue weighted by Crippen LogP contribution is -2.23. The molecular formula is C16H31N3O2. The largest absolute Gasteiger partial charge is 0.370 e. The molecule has 21 heavy (non-hydrogen) atoms. The lowest BCUT2D eigenvalue weighted by Gasteiger charge is -2.27. The van der Waals surface area contributed by atoms with E-state index in [-0.39, 0.29) is 22.9 Å². The minimum absolute atomic E-state index is 0.0839. The third-order valence-electron chi connectivity index (χ3n) is 3.30. The van der Waals surface area contributed by atoms with Crippen LogP contribution in [-0.4, -0.2) is 23.3 Å². The van der Waals surface area contributed by atoms with E-state index < -0.39 is 0 Å². The van der Waals surface area contributed by atoms with Gasteiger partial charge in [-0.05, 0) is 24.2 Å². The Morgan fingerprint density at radius 1 is 1.19 bits per heavy atom. The molecule has 5 heteroatoms. The second-order valence-electron chi connectivity index (χ2n) is 7.89. The van der Waals surface area contributed by atoms with Crippen molar-refractivity contribution in [3.05, 3.63) is 11.7 Å². The highest BCUT2D eigenvalue weighted by atomic mass is 16.5. The van der Waals surface area contributed by atoms with E-state index in [9.17, 15) is 0 Å². The van der Waals surface area contributed by atoms with Crippen molar-refractivity contribution < 1.29 is 9.26 Å². The van der Waals surface area contributed by atoms with Crippen molar-refractivity contribution >= 4 is 0 Å². The number of ether oxygens (including phenoxy) is 1. The molecule has 0 aliphatic heterocycles. The topological polar surface area (TPSA) is 74.2 Å². The zero-order chi connectivity index (χ0) is 16.3. The van der Waals surface area contributed by atoms with Crippen molar-refractivity contribution in [3.8, 4) is 0 Å². The van der Waals surface area contributed by atoms with Crippen molar-refractivity contribution in [1.29, 1.82) is 0 Å². The molecule has 0 saturated heterocycles. The Morgan fingerprint density at radius 3 is 2.24 bits per heavy atom. The van der Waals surface area contributed by atoms with Gasteiger partial charge in [0.05, 0.1) is 5.92 Å². The first-order chi connectivity index (χ1) is 9.58. The summed E-state index contributed by atoms with van der Waals surface area (Å²) in [7, 11) is 0. The zero-order valence-corrected chi connectivity index (χ0v) is 14.6. The van der Waals surface area contributed by atoms with Gasteiger partial charge in [-0.1, -0.05) is 46.7 Å². The standard InChI is InChI=1S/C16H31N3O2/c1-8-20-12(16(5,6)7)13-18-14(21-19-13)11(10-17)9-15(2,3)4/h11-12H,8-10,17H2,1-7H3. The van der Waals surface area contributed by atoms with Gasteiger partial charge in [0.2, 0.25) is 11.7 Å². The van der Waals surface area contributed by atoms with Gasteiger partial charge in [-0.3, -0.25) is 0 Å². The minimum Gasteiger partial charge on any atom is -0.370 e. The molecule has 2 N–H and O–H groups in total. The van der Waals surface area contributed by atoms with E-state index in [1.165, 1.54) is 0 Å². The first kappa shape index (κ1) is 18.1. The summed E-state index contributed by atoms with van der Waals surface area (Å²) in [5.74, 6) is 1.33. The Kier molecular flexibility index (Phi) is 5.93. The average molecular weight is 297 g/mol.